The predicted octanol–water partition coefficient (Wildman–Crippen LogP) is 3.01. The maximum atomic E-state index is 4.69. The number of fused-ring (bicyclic) bond motifs is 3. The molecule has 3 aromatic rings. The summed E-state index contributed by atoms with van der Waals surface area (Å²) < 4.78 is 2.17. The molecule has 0 N–H and O–H groups in total. The molecule has 90 valence electrons. The van der Waals surface area contributed by atoms with Crippen LogP contribution in [0.2, 0.25) is 0 Å². The molecule has 1 saturated heterocycles. The van der Waals surface area contributed by atoms with Crippen LogP contribution in [0.1, 0.15) is 12.0 Å². The average Bonchev–Trinajstić information content (AvgIpc) is 2.64. The van der Waals surface area contributed by atoms with Crippen molar-refractivity contribution in [3.8, 4) is 0 Å². The molecular weight excluding hydrogens is 222 g/mol. The first-order chi connectivity index (χ1) is 8.81. The second kappa shape index (κ2) is 3.48. The van der Waals surface area contributed by atoms with Crippen LogP contribution in [0.5, 0.6) is 0 Å². The van der Waals surface area contributed by atoms with E-state index in [4.69, 9.17) is 4.98 Å². The van der Waals surface area contributed by atoms with Crippen LogP contribution in [-0.2, 0) is 0 Å². The predicted molar refractivity (Wildman–Crippen MR) is 74.3 cm³/mol. The van der Waals surface area contributed by atoms with Gasteiger partial charge in [0, 0.05) is 31.0 Å². The van der Waals surface area contributed by atoms with Gasteiger partial charge in [0.2, 0.25) is 0 Å². The Morgan fingerprint density at radius 1 is 1.11 bits per heavy atom. The summed E-state index contributed by atoms with van der Waals surface area (Å²) in [5.74, 6) is 0. The third-order valence-electron chi connectivity index (χ3n) is 3.76. The molecule has 1 aromatic carbocycles. The third kappa shape index (κ3) is 1.33. The zero-order valence-corrected chi connectivity index (χ0v) is 10.4. The highest BCUT2D eigenvalue weighted by Crippen LogP contribution is 2.24. The summed E-state index contributed by atoms with van der Waals surface area (Å²) in [7, 11) is 0. The minimum Gasteiger partial charge on any atom is -0.371 e. The second-order valence-corrected chi connectivity index (χ2v) is 5.06. The summed E-state index contributed by atoms with van der Waals surface area (Å²) in [5, 5.41) is 0. The van der Waals surface area contributed by atoms with Crippen LogP contribution >= 0.6 is 0 Å². The zero-order valence-electron chi connectivity index (χ0n) is 10.4. The lowest BCUT2D eigenvalue weighted by atomic mass is 10.2. The highest BCUT2D eigenvalue weighted by atomic mass is 15.2. The Bertz CT molecular complexity index is 738. The Labute approximate surface area is 106 Å². The summed E-state index contributed by atoms with van der Waals surface area (Å²) in [6, 6.07) is 10.8. The van der Waals surface area contributed by atoms with Gasteiger partial charge >= 0.3 is 0 Å². The number of aromatic nitrogens is 2. The van der Waals surface area contributed by atoms with Crippen LogP contribution < -0.4 is 4.90 Å². The Balaban J connectivity index is 1.96. The van der Waals surface area contributed by atoms with E-state index in [1.807, 2.05) is 0 Å². The Kier molecular flexibility index (Phi) is 1.92. The molecule has 1 fully saturated rings. The summed E-state index contributed by atoms with van der Waals surface area (Å²) in [5.41, 5.74) is 5.87. The first-order valence-corrected chi connectivity index (χ1v) is 6.45. The van der Waals surface area contributed by atoms with Crippen LogP contribution in [0.4, 0.5) is 5.69 Å². The number of pyridine rings is 1. The van der Waals surface area contributed by atoms with E-state index in [1.165, 1.54) is 36.3 Å². The minimum absolute atomic E-state index is 1.04. The van der Waals surface area contributed by atoms with Gasteiger partial charge in [-0.1, -0.05) is 6.07 Å². The Morgan fingerprint density at radius 2 is 2.00 bits per heavy atom. The van der Waals surface area contributed by atoms with E-state index in [9.17, 15) is 0 Å². The number of benzene rings is 1. The molecule has 3 heterocycles. The summed E-state index contributed by atoms with van der Waals surface area (Å²) in [6.45, 7) is 4.47. The van der Waals surface area contributed by atoms with Gasteiger partial charge in [-0.05, 0) is 37.1 Å². The molecule has 0 spiro atoms. The van der Waals surface area contributed by atoms with Crippen molar-refractivity contribution < 1.29 is 0 Å². The quantitative estimate of drug-likeness (QED) is 0.648. The van der Waals surface area contributed by atoms with Crippen LogP contribution in [-0.4, -0.2) is 22.5 Å². The van der Waals surface area contributed by atoms with Crippen molar-refractivity contribution in [2.24, 2.45) is 0 Å². The lowest BCUT2D eigenvalue weighted by Gasteiger charge is -2.33. The van der Waals surface area contributed by atoms with E-state index in [-0.39, 0.29) is 0 Å². The monoisotopic (exact) mass is 237 g/mol. The fraction of sp³-hybridized carbons (Fsp3) is 0.267. The van der Waals surface area contributed by atoms with Crippen molar-refractivity contribution in [3.05, 3.63) is 42.1 Å². The van der Waals surface area contributed by atoms with Crippen LogP contribution in [0, 0.1) is 6.92 Å². The number of rotatable bonds is 1. The zero-order chi connectivity index (χ0) is 12.1. The molecule has 0 amide bonds. The van der Waals surface area contributed by atoms with Crippen LogP contribution in [0.3, 0.4) is 0 Å². The molecule has 0 aliphatic carbocycles. The summed E-state index contributed by atoms with van der Waals surface area (Å²) in [6.07, 6.45) is 3.44. The SMILES string of the molecule is Cc1ccc2nc3cc(N4CCC4)ccn3c2c1. The van der Waals surface area contributed by atoms with Crippen molar-refractivity contribution in [1.29, 1.82) is 0 Å². The Hall–Kier alpha value is -2.03. The smallest absolute Gasteiger partial charge is 0.139 e. The van der Waals surface area contributed by atoms with Crippen molar-refractivity contribution in [2.75, 3.05) is 18.0 Å². The average molecular weight is 237 g/mol. The number of hydrogen-bond acceptors (Lipinski definition) is 2. The molecule has 0 saturated carbocycles. The van der Waals surface area contributed by atoms with Gasteiger partial charge in [0.15, 0.2) is 0 Å². The molecule has 0 atom stereocenters. The van der Waals surface area contributed by atoms with Crippen molar-refractivity contribution in [2.45, 2.75) is 13.3 Å². The fourth-order valence-corrected chi connectivity index (χ4v) is 2.58. The van der Waals surface area contributed by atoms with Gasteiger partial charge in [-0.3, -0.25) is 4.40 Å². The molecule has 1 aliphatic rings. The first kappa shape index (κ1) is 9.95. The van der Waals surface area contributed by atoms with Crippen molar-refractivity contribution in [1.82, 2.24) is 9.38 Å². The van der Waals surface area contributed by atoms with Gasteiger partial charge in [-0.25, -0.2) is 4.98 Å². The van der Waals surface area contributed by atoms with E-state index in [0.717, 1.165) is 11.2 Å². The molecule has 3 heteroatoms. The summed E-state index contributed by atoms with van der Waals surface area (Å²) >= 11 is 0. The molecule has 2 aromatic heterocycles. The third-order valence-corrected chi connectivity index (χ3v) is 3.76. The molecule has 0 bridgehead atoms. The van der Waals surface area contributed by atoms with Crippen molar-refractivity contribution in [3.63, 3.8) is 0 Å². The molecule has 0 radical (unpaired) electrons. The number of nitrogens with zero attached hydrogens (tertiary/aromatic N) is 3. The van der Waals surface area contributed by atoms with Gasteiger partial charge in [-0.2, -0.15) is 0 Å². The van der Waals surface area contributed by atoms with Gasteiger partial charge < -0.3 is 4.90 Å². The molecule has 1 aliphatic heterocycles. The minimum atomic E-state index is 1.04. The number of imidazole rings is 1. The normalized spacial score (nSPS) is 15.3. The number of aryl methyl sites for hydroxylation is 1. The molecule has 4 rings (SSSR count). The lowest BCUT2D eigenvalue weighted by Crippen LogP contribution is -2.36. The maximum absolute atomic E-state index is 4.69. The van der Waals surface area contributed by atoms with Gasteiger partial charge in [0.25, 0.3) is 0 Å². The highest BCUT2D eigenvalue weighted by molar-refractivity contribution is 5.82. The van der Waals surface area contributed by atoms with E-state index < -0.39 is 0 Å². The van der Waals surface area contributed by atoms with Gasteiger partial charge in [0.1, 0.15) is 5.65 Å². The van der Waals surface area contributed by atoms with Gasteiger partial charge in [-0.15, -0.1) is 0 Å². The van der Waals surface area contributed by atoms with E-state index in [1.54, 1.807) is 0 Å². The number of hydrogen-bond donors (Lipinski definition) is 0. The maximum Gasteiger partial charge on any atom is 0.139 e. The molecule has 18 heavy (non-hydrogen) atoms. The van der Waals surface area contributed by atoms with Gasteiger partial charge in [0.05, 0.1) is 11.0 Å². The molecular formula is C15H15N3. The van der Waals surface area contributed by atoms with Crippen LogP contribution in [0.15, 0.2) is 36.5 Å². The number of anilines is 1. The van der Waals surface area contributed by atoms with E-state index in [2.05, 4.69) is 52.8 Å². The fourth-order valence-electron chi connectivity index (χ4n) is 2.58. The molecule has 0 unspecified atom stereocenters. The van der Waals surface area contributed by atoms with E-state index >= 15 is 0 Å². The largest absolute Gasteiger partial charge is 0.371 e. The highest BCUT2D eigenvalue weighted by Gasteiger charge is 2.15. The standard InChI is InChI=1S/C15H15N3/c1-11-3-4-13-14(9-11)18-8-5-12(10-15(18)16-13)17-6-2-7-17/h3-5,8-10H,2,6-7H2,1H3. The van der Waals surface area contributed by atoms with Crippen molar-refractivity contribution >= 4 is 22.4 Å². The Morgan fingerprint density at radius 3 is 2.78 bits per heavy atom. The summed E-state index contributed by atoms with van der Waals surface area (Å²) in [4.78, 5) is 7.09. The second-order valence-electron chi connectivity index (χ2n) is 5.06. The topological polar surface area (TPSA) is 20.5 Å². The lowest BCUT2D eigenvalue weighted by molar-refractivity contribution is 0.617. The van der Waals surface area contributed by atoms with E-state index in [0.29, 0.717) is 0 Å². The molecule has 3 nitrogen and oxygen atoms in total. The van der Waals surface area contributed by atoms with Crippen LogP contribution in [0.25, 0.3) is 16.7 Å². The first-order valence-electron chi connectivity index (χ1n) is 6.45.